The van der Waals surface area contributed by atoms with Gasteiger partial charge < -0.3 is 0 Å². The van der Waals surface area contributed by atoms with Gasteiger partial charge in [-0.25, -0.2) is 0 Å². The molecule has 0 saturated carbocycles. The van der Waals surface area contributed by atoms with Crippen LogP contribution in [-0.2, 0) is 0 Å². The van der Waals surface area contributed by atoms with Gasteiger partial charge in [0, 0.05) is 6.08 Å². The van der Waals surface area contributed by atoms with E-state index in [2.05, 4.69) is 26.6 Å². The molecule has 1 atom stereocenters. The molecular formula is C9H14NP. The Morgan fingerprint density at radius 1 is 1.64 bits per heavy atom. The average molecular weight is 167 g/mol. The Labute approximate surface area is 69.9 Å². The van der Waals surface area contributed by atoms with Crippen molar-refractivity contribution in [3.63, 3.8) is 0 Å². The van der Waals surface area contributed by atoms with Gasteiger partial charge >= 0.3 is 0 Å². The van der Waals surface area contributed by atoms with Crippen molar-refractivity contribution in [3.8, 4) is 6.07 Å². The highest BCUT2D eigenvalue weighted by Crippen LogP contribution is 2.59. The lowest BCUT2D eigenvalue weighted by Crippen LogP contribution is -2.06. The van der Waals surface area contributed by atoms with E-state index in [1.54, 1.807) is 6.08 Å². The maximum Gasteiger partial charge on any atom is 0.0915 e. The van der Waals surface area contributed by atoms with Crippen LogP contribution in [0, 0.1) is 16.7 Å². The molecule has 1 unspecified atom stereocenters. The van der Waals surface area contributed by atoms with Crippen molar-refractivity contribution in [1.29, 1.82) is 5.26 Å². The first-order valence-corrected chi connectivity index (χ1v) is 5.87. The van der Waals surface area contributed by atoms with E-state index in [-0.39, 0.29) is 7.92 Å². The Hall–Kier alpha value is -0.340. The fourth-order valence-corrected chi connectivity index (χ4v) is 4.14. The highest BCUT2D eigenvalue weighted by atomic mass is 31.1. The minimum absolute atomic E-state index is 0.0163. The minimum atomic E-state index is 0.0163. The quantitative estimate of drug-likeness (QED) is 0.402. The summed E-state index contributed by atoms with van der Waals surface area (Å²) < 4.78 is 0. The van der Waals surface area contributed by atoms with Crippen LogP contribution in [0.15, 0.2) is 11.4 Å². The van der Waals surface area contributed by atoms with Gasteiger partial charge in [0.25, 0.3) is 0 Å². The molecule has 0 aliphatic carbocycles. The minimum Gasteiger partial charge on any atom is -0.193 e. The van der Waals surface area contributed by atoms with Crippen LogP contribution in [0.4, 0.5) is 0 Å². The first-order chi connectivity index (χ1) is 5.08. The lowest BCUT2D eigenvalue weighted by Gasteiger charge is -2.19. The smallest absolute Gasteiger partial charge is 0.0915 e. The monoisotopic (exact) mass is 167 g/mol. The molecule has 1 heterocycles. The molecule has 2 heteroatoms. The maximum absolute atomic E-state index is 8.56. The van der Waals surface area contributed by atoms with E-state index >= 15 is 0 Å². The fraction of sp³-hybridized carbons (Fsp3) is 0.667. The van der Waals surface area contributed by atoms with Crippen LogP contribution >= 0.6 is 7.92 Å². The molecule has 0 N–H and O–H groups in total. The van der Waals surface area contributed by atoms with Crippen LogP contribution in [0.2, 0.25) is 0 Å². The van der Waals surface area contributed by atoms with Crippen molar-refractivity contribution in [3.05, 3.63) is 11.4 Å². The van der Waals surface area contributed by atoms with Gasteiger partial charge in [-0.1, -0.05) is 21.8 Å². The van der Waals surface area contributed by atoms with Crippen molar-refractivity contribution < 1.29 is 0 Å². The molecule has 0 radical (unpaired) electrons. The van der Waals surface area contributed by atoms with Gasteiger partial charge in [0.1, 0.15) is 0 Å². The Morgan fingerprint density at radius 3 is 2.64 bits per heavy atom. The summed E-state index contributed by atoms with van der Waals surface area (Å²) in [7, 11) is 0.0163. The van der Waals surface area contributed by atoms with Crippen LogP contribution in [0.3, 0.4) is 0 Å². The summed E-state index contributed by atoms with van der Waals surface area (Å²) in [5.74, 6) is 0. The van der Waals surface area contributed by atoms with E-state index in [1.165, 1.54) is 17.9 Å². The van der Waals surface area contributed by atoms with E-state index in [0.717, 1.165) is 0 Å². The van der Waals surface area contributed by atoms with E-state index in [4.69, 9.17) is 5.26 Å². The first kappa shape index (κ1) is 8.75. The molecule has 0 aromatic carbocycles. The number of hydrogen-bond donors (Lipinski definition) is 0. The largest absolute Gasteiger partial charge is 0.193 e. The molecule has 1 nitrogen and oxygen atoms in total. The van der Waals surface area contributed by atoms with Gasteiger partial charge in [0.2, 0.25) is 0 Å². The average Bonchev–Trinajstić information content (AvgIpc) is 2.16. The van der Waals surface area contributed by atoms with Crippen molar-refractivity contribution in [2.24, 2.45) is 5.41 Å². The highest BCUT2D eigenvalue weighted by Gasteiger charge is 2.33. The molecule has 0 aromatic rings. The number of rotatable bonds is 0. The summed E-state index contributed by atoms with van der Waals surface area (Å²) in [6.45, 7) is 6.75. The molecule has 11 heavy (non-hydrogen) atoms. The molecule has 1 aliphatic rings. The first-order valence-electron chi connectivity index (χ1n) is 3.89. The second-order valence-corrected chi connectivity index (χ2v) is 6.04. The van der Waals surface area contributed by atoms with Crippen molar-refractivity contribution >= 4 is 7.92 Å². The van der Waals surface area contributed by atoms with Crippen molar-refractivity contribution in [2.45, 2.75) is 20.3 Å². The lowest BCUT2D eigenvalue weighted by atomic mass is 9.90. The standard InChI is InChI=1S/C9H14NP/c1-9(2)5-7-11(3)8(9)4-6-10/h4H,5,7H2,1-3H3. The van der Waals surface area contributed by atoms with Gasteiger partial charge in [-0.3, -0.25) is 0 Å². The Bertz CT molecular complexity index is 222. The van der Waals surface area contributed by atoms with Gasteiger partial charge in [-0.2, -0.15) is 5.26 Å². The molecule has 60 valence electrons. The van der Waals surface area contributed by atoms with Gasteiger partial charge in [0.05, 0.1) is 6.07 Å². The third kappa shape index (κ3) is 1.63. The fourth-order valence-electron chi connectivity index (χ4n) is 1.58. The zero-order chi connectivity index (χ0) is 8.48. The molecule has 1 aliphatic heterocycles. The van der Waals surface area contributed by atoms with E-state index in [1.807, 2.05) is 0 Å². The SMILES string of the molecule is CP1CCC(C)(C)C1=CC#N. The van der Waals surface area contributed by atoms with Gasteiger partial charge in [-0.05, 0) is 30.0 Å². The highest BCUT2D eigenvalue weighted by molar-refractivity contribution is 7.61. The molecule has 1 fully saturated rings. The van der Waals surface area contributed by atoms with Crippen molar-refractivity contribution in [1.82, 2.24) is 0 Å². The Morgan fingerprint density at radius 2 is 2.27 bits per heavy atom. The number of nitriles is 1. The Balaban J connectivity index is 2.92. The van der Waals surface area contributed by atoms with Crippen LogP contribution in [0.1, 0.15) is 20.3 Å². The predicted molar refractivity (Wildman–Crippen MR) is 49.8 cm³/mol. The molecular weight excluding hydrogens is 153 g/mol. The number of hydrogen-bond acceptors (Lipinski definition) is 1. The predicted octanol–water partition coefficient (Wildman–Crippen LogP) is 2.94. The van der Waals surface area contributed by atoms with E-state index in [0.29, 0.717) is 5.41 Å². The summed E-state index contributed by atoms with van der Waals surface area (Å²) in [6, 6.07) is 2.15. The third-order valence-electron chi connectivity index (χ3n) is 2.38. The molecule has 1 saturated heterocycles. The van der Waals surface area contributed by atoms with E-state index in [9.17, 15) is 0 Å². The van der Waals surface area contributed by atoms with Crippen LogP contribution < -0.4 is 0 Å². The normalized spacial score (nSPS) is 32.2. The zero-order valence-corrected chi connectivity index (χ0v) is 8.28. The molecule has 0 aromatic heterocycles. The van der Waals surface area contributed by atoms with Crippen LogP contribution in [0.5, 0.6) is 0 Å². The van der Waals surface area contributed by atoms with Gasteiger partial charge in [-0.15, -0.1) is 0 Å². The molecule has 1 rings (SSSR count). The molecule has 0 bridgehead atoms. The third-order valence-corrected chi connectivity index (χ3v) is 4.83. The maximum atomic E-state index is 8.56. The lowest BCUT2D eigenvalue weighted by molar-refractivity contribution is 0.472. The number of nitrogens with zero attached hydrogens (tertiary/aromatic N) is 1. The molecule has 0 amide bonds. The van der Waals surface area contributed by atoms with Crippen LogP contribution in [-0.4, -0.2) is 12.8 Å². The summed E-state index contributed by atoms with van der Waals surface area (Å²) in [5, 5.41) is 9.96. The summed E-state index contributed by atoms with van der Waals surface area (Å²) in [4.78, 5) is 0. The summed E-state index contributed by atoms with van der Waals surface area (Å²) >= 11 is 0. The second kappa shape index (κ2) is 2.95. The summed E-state index contributed by atoms with van der Waals surface area (Å²) in [6.07, 6.45) is 4.32. The Kier molecular flexibility index (Phi) is 2.35. The van der Waals surface area contributed by atoms with E-state index < -0.39 is 0 Å². The molecule has 0 spiro atoms. The summed E-state index contributed by atoms with van der Waals surface area (Å²) in [5.41, 5.74) is 0.302. The topological polar surface area (TPSA) is 23.8 Å². The number of allylic oxidation sites excluding steroid dienone is 2. The van der Waals surface area contributed by atoms with Crippen LogP contribution in [0.25, 0.3) is 0 Å². The van der Waals surface area contributed by atoms with Gasteiger partial charge in [0.15, 0.2) is 0 Å². The zero-order valence-electron chi connectivity index (χ0n) is 7.39. The van der Waals surface area contributed by atoms with Crippen molar-refractivity contribution in [2.75, 3.05) is 12.8 Å². The second-order valence-electron chi connectivity index (χ2n) is 3.71.